The standard InChI is InChI=1S/C12H10F2N2O/c1-7-4-10(15)12(16-6-7)17-11-5-8(13)2-3-9(11)14/h2-6H,15H2,1H3. The van der Waals surface area contributed by atoms with E-state index in [1.807, 2.05) is 6.92 Å². The van der Waals surface area contributed by atoms with Crippen molar-refractivity contribution in [1.82, 2.24) is 4.98 Å². The van der Waals surface area contributed by atoms with Crippen LogP contribution in [0, 0.1) is 18.6 Å². The van der Waals surface area contributed by atoms with E-state index in [1.165, 1.54) is 6.20 Å². The predicted octanol–water partition coefficient (Wildman–Crippen LogP) is 3.04. The highest BCUT2D eigenvalue weighted by atomic mass is 19.1. The molecule has 0 saturated carbocycles. The van der Waals surface area contributed by atoms with Crippen molar-refractivity contribution in [3.63, 3.8) is 0 Å². The Balaban J connectivity index is 2.34. The van der Waals surface area contributed by atoms with E-state index in [-0.39, 0.29) is 17.3 Å². The van der Waals surface area contributed by atoms with Gasteiger partial charge in [0.2, 0.25) is 5.88 Å². The van der Waals surface area contributed by atoms with E-state index >= 15 is 0 Å². The van der Waals surface area contributed by atoms with Crippen molar-refractivity contribution >= 4 is 5.69 Å². The summed E-state index contributed by atoms with van der Waals surface area (Å²) in [5, 5.41) is 0. The fourth-order valence-electron chi connectivity index (χ4n) is 1.32. The quantitative estimate of drug-likeness (QED) is 0.871. The minimum atomic E-state index is -0.673. The molecule has 5 heteroatoms. The first-order chi connectivity index (χ1) is 8.06. The van der Waals surface area contributed by atoms with Gasteiger partial charge in [0.1, 0.15) is 5.82 Å². The first-order valence-electron chi connectivity index (χ1n) is 4.91. The number of aromatic nitrogens is 1. The molecule has 17 heavy (non-hydrogen) atoms. The van der Waals surface area contributed by atoms with Gasteiger partial charge >= 0.3 is 0 Å². The molecule has 2 N–H and O–H groups in total. The summed E-state index contributed by atoms with van der Waals surface area (Å²) in [4.78, 5) is 3.91. The van der Waals surface area contributed by atoms with Gasteiger partial charge in [-0.1, -0.05) is 0 Å². The van der Waals surface area contributed by atoms with Gasteiger partial charge < -0.3 is 10.5 Å². The lowest BCUT2D eigenvalue weighted by atomic mass is 10.3. The first kappa shape index (κ1) is 11.3. The van der Waals surface area contributed by atoms with Crippen molar-refractivity contribution in [1.29, 1.82) is 0 Å². The van der Waals surface area contributed by atoms with Crippen molar-refractivity contribution in [2.45, 2.75) is 6.92 Å². The first-order valence-corrected chi connectivity index (χ1v) is 4.91. The van der Waals surface area contributed by atoms with Crippen molar-refractivity contribution < 1.29 is 13.5 Å². The van der Waals surface area contributed by atoms with Gasteiger partial charge in [0.25, 0.3) is 0 Å². The Morgan fingerprint density at radius 1 is 1.24 bits per heavy atom. The van der Waals surface area contributed by atoms with Gasteiger partial charge in [-0.3, -0.25) is 0 Å². The summed E-state index contributed by atoms with van der Waals surface area (Å²) in [7, 11) is 0. The minimum Gasteiger partial charge on any atom is -0.434 e. The van der Waals surface area contributed by atoms with E-state index in [1.54, 1.807) is 6.07 Å². The Hall–Kier alpha value is -2.17. The van der Waals surface area contributed by atoms with E-state index in [2.05, 4.69) is 4.98 Å². The number of anilines is 1. The van der Waals surface area contributed by atoms with Gasteiger partial charge in [-0.15, -0.1) is 0 Å². The van der Waals surface area contributed by atoms with Crippen LogP contribution in [0.15, 0.2) is 30.5 Å². The summed E-state index contributed by atoms with van der Waals surface area (Å²) >= 11 is 0. The van der Waals surface area contributed by atoms with Crippen molar-refractivity contribution in [3.8, 4) is 11.6 Å². The Morgan fingerprint density at radius 2 is 2.00 bits per heavy atom. The van der Waals surface area contributed by atoms with Crippen molar-refractivity contribution in [2.75, 3.05) is 5.73 Å². The molecule has 88 valence electrons. The Morgan fingerprint density at radius 3 is 2.71 bits per heavy atom. The largest absolute Gasteiger partial charge is 0.434 e. The summed E-state index contributed by atoms with van der Waals surface area (Å²) in [6, 6.07) is 4.57. The third kappa shape index (κ3) is 2.50. The number of nitrogens with two attached hydrogens (primary N) is 1. The molecule has 2 aromatic rings. The zero-order chi connectivity index (χ0) is 12.4. The third-order valence-electron chi connectivity index (χ3n) is 2.12. The molecule has 0 aliphatic heterocycles. The molecular weight excluding hydrogens is 226 g/mol. The minimum absolute atomic E-state index is 0.0556. The number of ether oxygens (including phenoxy) is 1. The van der Waals surface area contributed by atoms with Gasteiger partial charge in [-0.25, -0.2) is 13.8 Å². The van der Waals surface area contributed by atoms with Gasteiger partial charge in [-0.05, 0) is 30.7 Å². The maximum Gasteiger partial charge on any atom is 0.242 e. The van der Waals surface area contributed by atoms with Crippen LogP contribution in [0.3, 0.4) is 0 Å². The van der Waals surface area contributed by atoms with Crippen LogP contribution < -0.4 is 10.5 Å². The van der Waals surface area contributed by atoms with Crippen LogP contribution in [0.2, 0.25) is 0 Å². The second-order valence-corrected chi connectivity index (χ2v) is 3.58. The molecule has 0 radical (unpaired) electrons. The SMILES string of the molecule is Cc1cnc(Oc2cc(F)ccc2F)c(N)c1. The van der Waals surface area contributed by atoms with E-state index < -0.39 is 11.6 Å². The van der Waals surface area contributed by atoms with Crippen LogP contribution in [-0.2, 0) is 0 Å². The molecule has 0 atom stereocenters. The summed E-state index contributed by atoms with van der Waals surface area (Å²) < 4.78 is 31.3. The molecule has 0 amide bonds. The molecule has 0 saturated heterocycles. The molecule has 0 fully saturated rings. The molecule has 3 nitrogen and oxygen atoms in total. The normalized spacial score (nSPS) is 10.3. The Kier molecular flexibility index (Phi) is 2.91. The predicted molar refractivity (Wildman–Crippen MR) is 59.8 cm³/mol. The number of benzene rings is 1. The van der Waals surface area contributed by atoms with E-state index in [4.69, 9.17) is 10.5 Å². The number of nitrogens with zero attached hydrogens (tertiary/aromatic N) is 1. The average Bonchev–Trinajstić information content (AvgIpc) is 2.27. The van der Waals surface area contributed by atoms with Crippen LogP contribution >= 0.6 is 0 Å². The third-order valence-corrected chi connectivity index (χ3v) is 2.12. The summed E-state index contributed by atoms with van der Waals surface area (Å²) in [5.74, 6) is -1.45. The van der Waals surface area contributed by atoms with Crippen LogP contribution in [0.5, 0.6) is 11.6 Å². The molecule has 2 rings (SSSR count). The zero-order valence-corrected chi connectivity index (χ0v) is 9.08. The molecule has 0 spiro atoms. The lowest BCUT2D eigenvalue weighted by Crippen LogP contribution is -1.97. The highest BCUT2D eigenvalue weighted by Gasteiger charge is 2.09. The fraction of sp³-hybridized carbons (Fsp3) is 0.0833. The zero-order valence-electron chi connectivity index (χ0n) is 9.08. The lowest BCUT2D eigenvalue weighted by Gasteiger charge is -2.08. The monoisotopic (exact) mass is 236 g/mol. The number of pyridine rings is 1. The van der Waals surface area contributed by atoms with Gasteiger partial charge in [0.05, 0.1) is 5.69 Å². The van der Waals surface area contributed by atoms with Gasteiger partial charge in [-0.2, -0.15) is 0 Å². The molecule has 0 bridgehead atoms. The number of aryl methyl sites for hydroxylation is 1. The average molecular weight is 236 g/mol. The highest BCUT2D eigenvalue weighted by Crippen LogP contribution is 2.27. The molecule has 0 unspecified atom stereocenters. The highest BCUT2D eigenvalue weighted by molar-refractivity contribution is 5.50. The molecule has 0 aliphatic rings. The maximum absolute atomic E-state index is 13.3. The van der Waals surface area contributed by atoms with E-state index in [9.17, 15) is 8.78 Å². The van der Waals surface area contributed by atoms with Crippen LogP contribution in [0.1, 0.15) is 5.56 Å². The summed E-state index contributed by atoms with van der Waals surface area (Å²) in [6.45, 7) is 1.82. The lowest BCUT2D eigenvalue weighted by molar-refractivity contribution is 0.424. The van der Waals surface area contributed by atoms with E-state index in [0.717, 1.165) is 23.8 Å². The number of hydrogen-bond donors (Lipinski definition) is 1. The Labute approximate surface area is 96.9 Å². The van der Waals surface area contributed by atoms with Crippen LogP contribution in [0.4, 0.5) is 14.5 Å². The van der Waals surface area contributed by atoms with Crippen molar-refractivity contribution in [2.24, 2.45) is 0 Å². The number of nitrogen functional groups attached to an aromatic ring is 1. The summed E-state index contributed by atoms with van der Waals surface area (Å²) in [6.07, 6.45) is 1.53. The van der Waals surface area contributed by atoms with E-state index in [0.29, 0.717) is 0 Å². The second-order valence-electron chi connectivity index (χ2n) is 3.58. The summed E-state index contributed by atoms with van der Waals surface area (Å²) in [5.41, 5.74) is 6.78. The number of hydrogen-bond acceptors (Lipinski definition) is 3. The molecule has 0 aliphatic carbocycles. The van der Waals surface area contributed by atoms with Crippen LogP contribution in [0.25, 0.3) is 0 Å². The molecule has 1 aromatic heterocycles. The fourth-order valence-corrected chi connectivity index (χ4v) is 1.32. The second kappa shape index (κ2) is 4.37. The van der Waals surface area contributed by atoms with Crippen molar-refractivity contribution in [3.05, 3.63) is 47.7 Å². The molecule has 1 aromatic carbocycles. The smallest absolute Gasteiger partial charge is 0.242 e. The van der Waals surface area contributed by atoms with Gasteiger partial charge in [0.15, 0.2) is 11.6 Å². The number of halogens is 2. The molecular formula is C12H10F2N2O. The maximum atomic E-state index is 13.3. The topological polar surface area (TPSA) is 48.1 Å². The van der Waals surface area contributed by atoms with Crippen LogP contribution in [-0.4, -0.2) is 4.98 Å². The van der Waals surface area contributed by atoms with Gasteiger partial charge in [0, 0.05) is 12.3 Å². The number of rotatable bonds is 2. The molecule has 1 heterocycles. The Bertz CT molecular complexity index is 558.